The molecule has 3 fully saturated rings. The van der Waals surface area contributed by atoms with E-state index >= 15 is 8.78 Å². The zero-order valence-corrected chi connectivity index (χ0v) is 26.9. The molecule has 16 heteroatoms. The number of anilines is 2. The van der Waals surface area contributed by atoms with Crippen LogP contribution in [0, 0.1) is 11.8 Å². The highest BCUT2D eigenvalue weighted by molar-refractivity contribution is 7.89. The number of rotatable bonds is 11. The standard InChI is InChI=1S/C30H39ClF2N6O6S/c31-26-16-22(30(32,33)21-4-2-20(3-5-21)28(41)35-11-1-10-34)17-27(36-26)37-12-14-38(15-13-37)46(43,44)25-8-6-23(7-9-25)39-18-24(19-40)45-29(39)42/h6-9,16-17,20-21,24,40H,1-5,10-15,18-19,34H2,(H,35,41)/t20-,21-,24-/m0/s1. The number of hydrogen-bond donors (Lipinski definition) is 3. The Balaban J connectivity index is 1.20. The second kappa shape index (κ2) is 14.3. The zero-order valence-electron chi connectivity index (χ0n) is 25.3. The van der Waals surface area contributed by atoms with Gasteiger partial charge in [-0.3, -0.25) is 9.69 Å². The van der Waals surface area contributed by atoms with Crippen molar-refractivity contribution in [2.75, 3.05) is 62.2 Å². The molecule has 1 atom stereocenters. The number of nitrogens with zero attached hydrogens (tertiary/aromatic N) is 4. The van der Waals surface area contributed by atoms with Crippen molar-refractivity contribution < 1.29 is 36.6 Å². The maximum absolute atomic E-state index is 15.8. The average molecular weight is 685 g/mol. The summed E-state index contributed by atoms with van der Waals surface area (Å²) in [7, 11) is -3.88. The molecule has 2 aliphatic heterocycles. The number of sulfonamides is 1. The molecule has 1 aliphatic carbocycles. The van der Waals surface area contributed by atoms with Gasteiger partial charge in [-0.05, 0) is 75.0 Å². The molecule has 2 amide bonds. The molecule has 1 aromatic carbocycles. The molecule has 2 aromatic rings. The normalized spacial score (nSPS) is 23.0. The fraction of sp³-hybridized carbons (Fsp3) is 0.567. The van der Waals surface area contributed by atoms with E-state index in [9.17, 15) is 23.1 Å². The van der Waals surface area contributed by atoms with Crippen molar-refractivity contribution in [3.8, 4) is 0 Å². The van der Waals surface area contributed by atoms with Crippen LogP contribution in [0.4, 0.5) is 25.1 Å². The number of aliphatic hydroxyl groups excluding tert-OH is 1. The van der Waals surface area contributed by atoms with E-state index in [2.05, 4.69) is 10.3 Å². The first-order valence-electron chi connectivity index (χ1n) is 15.4. The van der Waals surface area contributed by atoms with E-state index in [1.54, 1.807) is 4.90 Å². The Kier molecular flexibility index (Phi) is 10.7. The number of alkyl halides is 2. The third-order valence-electron chi connectivity index (χ3n) is 8.88. The van der Waals surface area contributed by atoms with E-state index in [1.807, 2.05) is 0 Å². The summed E-state index contributed by atoms with van der Waals surface area (Å²) >= 11 is 6.22. The molecule has 46 heavy (non-hydrogen) atoms. The van der Waals surface area contributed by atoms with E-state index in [4.69, 9.17) is 22.1 Å². The van der Waals surface area contributed by atoms with E-state index in [0.717, 1.165) is 0 Å². The van der Waals surface area contributed by atoms with Gasteiger partial charge < -0.3 is 25.8 Å². The first-order valence-corrected chi connectivity index (χ1v) is 17.2. The molecule has 2 saturated heterocycles. The van der Waals surface area contributed by atoms with Crippen LogP contribution in [0.2, 0.25) is 5.15 Å². The lowest BCUT2D eigenvalue weighted by Crippen LogP contribution is -2.49. The summed E-state index contributed by atoms with van der Waals surface area (Å²) in [5.41, 5.74) is 5.66. The molecule has 1 aromatic heterocycles. The Hall–Kier alpha value is -3.11. The molecular weight excluding hydrogens is 646 g/mol. The Bertz CT molecular complexity index is 1500. The van der Waals surface area contributed by atoms with E-state index in [0.29, 0.717) is 38.0 Å². The average Bonchev–Trinajstić information content (AvgIpc) is 3.45. The third-order valence-corrected chi connectivity index (χ3v) is 11.0. The van der Waals surface area contributed by atoms with Crippen molar-refractivity contribution in [3.05, 3.63) is 47.1 Å². The highest BCUT2D eigenvalue weighted by Crippen LogP contribution is 2.46. The number of nitrogens with two attached hydrogens (primary N) is 1. The van der Waals surface area contributed by atoms with Crippen LogP contribution in [0.25, 0.3) is 0 Å². The summed E-state index contributed by atoms with van der Waals surface area (Å²) in [6.07, 6.45) is 0.529. The Morgan fingerprint density at radius 3 is 2.39 bits per heavy atom. The van der Waals surface area contributed by atoms with Crippen molar-refractivity contribution >= 4 is 45.1 Å². The van der Waals surface area contributed by atoms with Crippen LogP contribution in [-0.4, -0.2) is 93.3 Å². The topological polar surface area (TPSA) is 158 Å². The quantitative estimate of drug-likeness (QED) is 0.239. The molecule has 12 nitrogen and oxygen atoms in total. The molecule has 3 aliphatic rings. The van der Waals surface area contributed by atoms with Gasteiger partial charge in [0.25, 0.3) is 5.92 Å². The molecule has 0 unspecified atom stereocenters. The number of carbonyl (C=O) groups excluding carboxylic acids is 2. The van der Waals surface area contributed by atoms with Crippen molar-refractivity contribution in [1.29, 1.82) is 0 Å². The number of cyclic esters (lactones) is 1. The van der Waals surface area contributed by atoms with Crippen LogP contribution in [0.1, 0.15) is 37.7 Å². The number of hydrogen-bond acceptors (Lipinski definition) is 9. The van der Waals surface area contributed by atoms with Gasteiger partial charge in [-0.1, -0.05) is 11.6 Å². The fourth-order valence-electron chi connectivity index (χ4n) is 6.18. The number of carbonyl (C=O) groups is 2. The van der Waals surface area contributed by atoms with E-state index in [-0.39, 0.29) is 85.4 Å². The van der Waals surface area contributed by atoms with Gasteiger partial charge in [0.15, 0.2) is 0 Å². The summed E-state index contributed by atoms with van der Waals surface area (Å²) in [6, 6.07) is 8.33. The molecule has 252 valence electrons. The highest BCUT2D eigenvalue weighted by atomic mass is 35.5. The van der Waals surface area contributed by atoms with Gasteiger partial charge in [0.1, 0.15) is 17.1 Å². The monoisotopic (exact) mass is 684 g/mol. The lowest BCUT2D eigenvalue weighted by molar-refractivity contribution is -0.129. The smallest absolute Gasteiger partial charge is 0.414 e. The number of aliphatic hydroxyl groups is 1. The van der Waals surface area contributed by atoms with Crippen molar-refractivity contribution in [1.82, 2.24) is 14.6 Å². The Labute approximate surface area is 271 Å². The van der Waals surface area contributed by atoms with Crippen LogP contribution in [0.3, 0.4) is 0 Å². The van der Waals surface area contributed by atoms with Gasteiger partial charge >= 0.3 is 6.09 Å². The number of amides is 2. The molecular formula is C30H39ClF2N6O6S. The molecule has 0 bridgehead atoms. The summed E-state index contributed by atoms with van der Waals surface area (Å²) in [5.74, 6) is -4.31. The number of benzene rings is 1. The van der Waals surface area contributed by atoms with Crippen LogP contribution >= 0.6 is 11.6 Å². The van der Waals surface area contributed by atoms with E-state index < -0.39 is 34.1 Å². The number of halogens is 3. The Morgan fingerprint density at radius 1 is 1.11 bits per heavy atom. The molecule has 3 heterocycles. The fourth-order valence-corrected chi connectivity index (χ4v) is 7.81. The molecule has 4 N–H and O–H groups in total. The maximum Gasteiger partial charge on any atom is 0.414 e. The first kappa shape index (κ1) is 34.2. The van der Waals surface area contributed by atoms with Crippen molar-refractivity contribution in [3.63, 3.8) is 0 Å². The second-order valence-electron chi connectivity index (χ2n) is 11.8. The van der Waals surface area contributed by atoms with Gasteiger partial charge in [-0.15, -0.1) is 0 Å². The lowest BCUT2D eigenvalue weighted by Gasteiger charge is -2.36. The third kappa shape index (κ3) is 7.38. The summed E-state index contributed by atoms with van der Waals surface area (Å²) < 4.78 is 64.7. The van der Waals surface area contributed by atoms with Crippen LogP contribution in [-0.2, 0) is 25.5 Å². The summed E-state index contributed by atoms with van der Waals surface area (Å²) in [5, 5.41) is 12.0. The highest BCUT2D eigenvalue weighted by Gasteiger charge is 2.44. The number of ether oxygens (including phenoxy) is 1. The van der Waals surface area contributed by atoms with Gasteiger partial charge in [0, 0.05) is 55.8 Å². The number of aromatic nitrogens is 1. The Morgan fingerprint density at radius 2 is 1.78 bits per heavy atom. The second-order valence-corrected chi connectivity index (χ2v) is 14.2. The first-order chi connectivity index (χ1) is 21.9. The number of nitrogens with one attached hydrogen (secondary N) is 1. The zero-order chi connectivity index (χ0) is 33.1. The van der Waals surface area contributed by atoms with Crippen LogP contribution < -0.4 is 20.9 Å². The SMILES string of the molecule is NCCCNC(=O)[C@H]1CC[C@H](C(F)(F)c2cc(Cl)nc(N3CCN(S(=O)(=O)c4ccc(N5C[C@@H](CO)OC5=O)cc4)CC3)c2)CC1. The molecule has 0 radical (unpaired) electrons. The molecule has 0 spiro atoms. The summed E-state index contributed by atoms with van der Waals surface area (Å²) in [6.45, 7) is 1.40. The van der Waals surface area contributed by atoms with Gasteiger partial charge in [-0.25, -0.2) is 27.0 Å². The van der Waals surface area contributed by atoms with Gasteiger partial charge in [0.2, 0.25) is 15.9 Å². The predicted molar refractivity (Wildman–Crippen MR) is 167 cm³/mol. The van der Waals surface area contributed by atoms with Gasteiger partial charge in [0.05, 0.1) is 18.0 Å². The minimum Gasteiger partial charge on any atom is -0.441 e. The lowest BCUT2D eigenvalue weighted by atomic mass is 9.77. The van der Waals surface area contributed by atoms with Crippen LogP contribution in [0.15, 0.2) is 41.3 Å². The van der Waals surface area contributed by atoms with Crippen molar-refractivity contribution in [2.45, 2.75) is 49.0 Å². The van der Waals surface area contributed by atoms with Crippen LogP contribution in [0.5, 0.6) is 0 Å². The molecule has 1 saturated carbocycles. The minimum absolute atomic E-state index is 0.0431. The van der Waals surface area contributed by atoms with Gasteiger partial charge in [-0.2, -0.15) is 4.31 Å². The maximum atomic E-state index is 15.8. The van der Waals surface area contributed by atoms with Crippen molar-refractivity contribution in [2.24, 2.45) is 17.6 Å². The molecule has 5 rings (SSSR count). The largest absolute Gasteiger partial charge is 0.441 e. The van der Waals surface area contributed by atoms with E-state index in [1.165, 1.54) is 45.6 Å². The predicted octanol–water partition coefficient (Wildman–Crippen LogP) is 2.93. The minimum atomic E-state index is -3.88. The number of piperazine rings is 1. The number of pyridine rings is 1. The summed E-state index contributed by atoms with van der Waals surface area (Å²) in [4.78, 5) is 31.8.